The van der Waals surface area contributed by atoms with Gasteiger partial charge in [0.15, 0.2) is 11.5 Å². The van der Waals surface area contributed by atoms with Gasteiger partial charge in [-0.15, -0.1) is 0 Å². The van der Waals surface area contributed by atoms with Crippen molar-refractivity contribution in [3.05, 3.63) is 53.6 Å². The molecular formula is C20H22N2O4. The number of aryl methyl sites for hydroxylation is 1. The lowest BCUT2D eigenvalue weighted by atomic mass is 10.0. The van der Waals surface area contributed by atoms with Gasteiger partial charge in [-0.25, -0.2) is 0 Å². The van der Waals surface area contributed by atoms with E-state index in [4.69, 9.17) is 14.3 Å². The van der Waals surface area contributed by atoms with Gasteiger partial charge in [-0.2, -0.15) is 0 Å². The zero-order valence-electron chi connectivity index (χ0n) is 15.1. The number of carbonyl (C=O) groups is 1. The van der Waals surface area contributed by atoms with Crippen molar-refractivity contribution in [1.82, 2.24) is 0 Å². The molecule has 0 saturated heterocycles. The Hall–Kier alpha value is -3.02. The third kappa shape index (κ3) is 3.79. The van der Waals surface area contributed by atoms with Gasteiger partial charge in [-0.1, -0.05) is 24.2 Å². The fourth-order valence-corrected chi connectivity index (χ4v) is 2.75. The van der Waals surface area contributed by atoms with Gasteiger partial charge in [0.05, 0.1) is 19.9 Å². The number of rotatable bonds is 6. The number of nitrogens with one attached hydrogen (secondary N) is 1. The molecule has 0 aromatic heterocycles. The molecule has 1 N–H and O–H groups in total. The molecule has 2 aromatic rings. The highest BCUT2D eigenvalue weighted by Gasteiger charge is 2.29. The van der Waals surface area contributed by atoms with Crippen molar-refractivity contribution in [3.63, 3.8) is 0 Å². The van der Waals surface area contributed by atoms with E-state index in [0.29, 0.717) is 23.6 Å². The summed E-state index contributed by atoms with van der Waals surface area (Å²) in [5.41, 5.74) is 3.51. The Kier molecular flexibility index (Phi) is 5.41. The zero-order chi connectivity index (χ0) is 18.5. The molecule has 0 unspecified atom stereocenters. The second-order valence-corrected chi connectivity index (χ2v) is 5.95. The van der Waals surface area contributed by atoms with Gasteiger partial charge >= 0.3 is 0 Å². The number of hydrogen-bond donors (Lipinski definition) is 1. The molecule has 1 aliphatic heterocycles. The Morgan fingerprint density at radius 1 is 1.15 bits per heavy atom. The van der Waals surface area contributed by atoms with Crippen molar-refractivity contribution < 1.29 is 19.1 Å². The fraction of sp³-hybridized carbons (Fsp3) is 0.300. The number of hydrogen-bond acceptors (Lipinski definition) is 5. The predicted molar refractivity (Wildman–Crippen MR) is 100 cm³/mol. The van der Waals surface area contributed by atoms with Crippen molar-refractivity contribution in [2.24, 2.45) is 5.16 Å². The SMILES string of the molecule is CCc1ccc(NC(=O)[C@H]2CC(c3ccc(OC)c(OC)c3)=NO2)cc1. The Bertz CT molecular complexity index is 815. The number of ether oxygens (including phenoxy) is 2. The summed E-state index contributed by atoms with van der Waals surface area (Å²) in [4.78, 5) is 17.7. The van der Waals surface area contributed by atoms with Crippen LogP contribution in [0.5, 0.6) is 11.5 Å². The van der Waals surface area contributed by atoms with Gasteiger partial charge in [-0.3, -0.25) is 4.79 Å². The van der Waals surface area contributed by atoms with Crippen molar-refractivity contribution in [2.75, 3.05) is 19.5 Å². The van der Waals surface area contributed by atoms with E-state index in [1.54, 1.807) is 20.3 Å². The van der Waals surface area contributed by atoms with Crippen molar-refractivity contribution in [3.8, 4) is 11.5 Å². The smallest absolute Gasteiger partial charge is 0.268 e. The van der Waals surface area contributed by atoms with Gasteiger partial charge in [0.25, 0.3) is 5.91 Å². The topological polar surface area (TPSA) is 69.2 Å². The van der Waals surface area contributed by atoms with Gasteiger partial charge in [0, 0.05) is 17.7 Å². The Balaban J connectivity index is 1.64. The summed E-state index contributed by atoms with van der Waals surface area (Å²) in [5, 5.41) is 6.93. The standard InChI is InChI=1S/C20H22N2O4/c1-4-13-5-8-15(9-6-13)21-20(23)19-12-16(22-26-19)14-7-10-17(24-2)18(11-14)25-3/h5-11,19H,4,12H2,1-3H3,(H,21,23)/t19-/m1/s1. The van der Waals surface area contributed by atoms with Crippen LogP contribution in [0.3, 0.4) is 0 Å². The molecule has 1 heterocycles. The average molecular weight is 354 g/mol. The van der Waals surface area contributed by atoms with Crippen LogP contribution in [0.15, 0.2) is 47.6 Å². The Morgan fingerprint density at radius 2 is 1.88 bits per heavy atom. The lowest BCUT2D eigenvalue weighted by Gasteiger charge is -2.10. The van der Waals surface area contributed by atoms with Crippen LogP contribution >= 0.6 is 0 Å². The van der Waals surface area contributed by atoms with Crippen LogP contribution in [0.25, 0.3) is 0 Å². The van der Waals surface area contributed by atoms with Crippen LogP contribution in [0.2, 0.25) is 0 Å². The van der Waals surface area contributed by atoms with E-state index in [0.717, 1.165) is 17.7 Å². The summed E-state index contributed by atoms with van der Waals surface area (Å²) in [6.07, 6.45) is 0.709. The number of benzene rings is 2. The lowest BCUT2D eigenvalue weighted by molar-refractivity contribution is -0.125. The summed E-state index contributed by atoms with van der Waals surface area (Å²) in [6.45, 7) is 2.09. The molecule has 0 bridgehead atoms. The van der Waals surface area contributed by atoms with Crippen molar-refractivity contribution in [1.29, 1.82) is 0 Å². The first kappa shape index (κ1) is 17.8. The van der Waals surface area contributed by atoms with E-state index in [2.05, 4.69) is 17.4 Å². The molecule has 6 nitrogen and oxygen atoms in total. The average Bonchev–Trinajstić information content (AvgIpc) is 3.18. The minimum atomic E-state index is -0.649. The van der Waals surface area contributed by atoms with Gasteiger partial charge < -0.3 is 19.6 Å². The molecule has 3 rings (SSSR count). The molecule has 6 heteroatoms. The second kappa shape index (κ2) is 7.91. The van der Waals surface area contributed by atoms with Crippen molar-refractivity contribution in [2.45, 2.75) is 25.9 Å². The molecule has 1 aliphatic rings. The molecule has 0 fully saturated rings. The van der Waals surface area contributed by atoms with Crippen LogP contribution in [-0.4, -0.2) is 31.9 Å². The molecular weight excluding hydrogens is 332 g/mol. The second-order valence-electron chi connectivity index (χ2n) is 5.95. The van der Waals surface area contributed by atoms with Crippen molar-refractivity contribution >= 4 is 17.3 Å². The van der Waals surface area contributed by atoms with Gasteiger partial charge in [0.1, 0.15) is 0 Å². The van der Waals surface area contributed by atoms with E-state index in [1.165, 1.54) is 5.56 Å². The third-order valence-corrected chi connectivity index (χ3v) is 4.31. The zero-order valence-corrected chi connectivity index (χ0v) is 15.1. The van der Waals surface area contributed by atoms with E-state index in [-0.39, 0.29) is 5.91 Å². The summed E-state index contributed by atoms with van der Waals surface area (Å²) >= 11 is 0. The minimum absolute atomic E-state index is 0.214. The Labute approximate surface area is 152 Å². The van der Waals surface area contributed by atoms with Gasteiger partial charge in [-0.05, 0) is 42.3 Å². The molecule has 0 spiro atoms. The van der Waals surface area contributed by atoms with E-state index in [1.807, 2.05) is 36.4 Å². The van der Waals surface area contributed by atoms with Crippen LogP contribution < -0.4 is 14.8 Å². The lowest BCUT2D eigenvalue weighted by Crippen LogP contribution is -2.28. The summed E-state index contributed by atoms with van der Waals surface area (Å²) in [7, 11) is 3.16. The number of methoxy groups -OCH3 is 2. The molecule has 0 aliphatic carbocycles. The highest BCUT2D eigenvalue weighted by molar-refractivity contribution is 6.06. The number of anilines is 1. The quantitative estimate of drug-likeness (QED) is 0.863. The molecule has 0 saturated carbocycles. The van der Waals surface area contributed by atoms with E-state index in [9.17, 15) is 4.79 Å². The molecule has 26 heavy (non-hydrogen) atoms. The number of amides is 1. The molecule has 0 radical (unpaired) electrons. The fourth-order valence-electron chi connectivity index (χ4n) is 2.75. The van der Waals surface area contributed by atoms with E-state index < -0.39 is 6.10 Å². The molecule has 1 amide bonds. The van der Waals surface area contributed by atoms with Crippen LogP contribution in [0.4, 0.5) is 5.69 Å². The first-order valence-corrected chi connectivity index (χ1v) is 8.49. The number of carbonyl (C=O) groups excluding carboxylic acids is 1. The number of oxime groups is 1. The summed E-state index contributed by atoms with van der Waals surface area (Å²) in [6, 6.07) is 13.3. The summed E-state index contributed by atoms with van der Waals surface area (Å²) in [5.74, 6) is 1.03. The minimum Gasteiger partial charge on any atom is -0.493 e. The molecule has 1 atom stereocenters. The normalized spacial score (nSPS) is 15.8. The third-order valence-electron chi connectivity index (χ3n) is 4.31. The molecule has 2 aromatic carbocycles. The Morgan fingerprint density at radius 3 is 2.54 bits per heavy atom. The predicted octanol–water partition coefficient (Wildman–Crippen LogP) is 3.40. The largest absolute Gasteiger partial charge is 0.493 e. The first-order valence-electron chi connectivity index (χ1n) is 8.49. The maximum atomic E-state index is 12.4. The highest BCUT2D eigenvalue weighted by Crippen LogP contribution is 2.29. The maximum Gasteiger partial charge on any atom is 0.268 e. The first-order chi connectivity index (χ1) is 12.6. The molecule has 136 valence electrons. The highest BCUT2D eigenvalue weighted by atomic mass is 16.6. The summed E-state index contributed by atoms with van der Waals surface area (Å²) < 4.78 is 10.5. The van der Waals surface area contributed by atoms with E-state index >= 15 is 0 Å². The maximum absolute atomic E-state index is 12.4. The monoisotopic (exact) mass is 354 g/mol. The van der Waals surface area contributed by atoms with Crippen LogP contribution in [0, 0.1) is 0 Å². The van der Waals surface area contributed by atoms with Gasteiger partial charge in [0.2, 0.25) is 6.10 Å². The van der Waals surface area contributed by atoms with Crippen LogP contribution in [0.1, 0.15) is 24.5 Å². The van der Waals surface area contributed by atoms with Crippen LogP contribution in [-0.2, 0) is 16.1 Å². The number of nitrogens with zero attached hydrogens (tertiary/aromatic N) is 1.